The lowest BCUT2D eigenvalue weighted by molar-refractivity contribution is 0.156. The molecule has 2 fully saturated rings. The summed E-state index contributed by atoms with van der Waals surface area (Å²) in [4.78, 5) is 15.3. The highest BCUT2D eigenvalue weighted by atomic mass is 35.5. The number of amides is 2. The van der Waals surface area contributed by atoms with Gasteiger partial charge in [0.05, 0.1) is 39.1 Å². The number of carbonyl (C=O) groups is 1. The van der Waals surface area contributed by atoms with Crippen molar-refractivity contribution in [1.82, 2.24) is 10.2 Å². The molecule has 35 heavy (non-hydrogen) atoms. The summed E-state index contributed by atoms with van der Waals surface area (Å²) in [7, 11) is 8.56. The second kappa shape index (κ2) is 10.4. The predicted molar refractivity (Wildman–Crippen MR) is 137 cm³/mol. The van der Waals surface area contributed by atoms with Gasteiger partial charge in [0.1, 0.15) is 11.5 Å². The Morgan fingerprint density at radius 2 is 1.69 bits per heavy atom. The van der Waals surface area contributed by atoms with Crippen LogP contribution in [0.15, 0.2) is 30.3 Å². The highest BCUT2D eigenvalue weighted by molar-refractivity contribution is 6.32. The van der Waals surface area contributed by atoms with Crippen molar-refractivity contribution in [3.05, 3.63) is 40.9 Å². The van der Waals surface area contributed by atoms with Crippen LogP contribution in [-0.4, -0.2) is 65.0 Å². The van der Waals surface area contributed by atoms with Crippen molar-refractivity contribution in [3.63, 3.8) is 0 Å². The van der Waals surface area contributed by atoms with Gasteiger partial charge in [-0.1, -0.05) is 17.7 Å². The average molecular weight is 504 g/mol. The molecule has 1 aliphatic carbocycles. The number of anilines is 1. The Bertz CT molecular complexity index is 1080. The third-order valence-electron chi connectivity index (χ3n) is 7.54. The molecule has 8 nitrogen and oxygen atoms in total. The van der Waals surface area contributed by atoms with Crippen LogP contribution in [0.2, 0.25) is 5.02 Å². The summed E-state index contributed by atoms with van der Waals surface area (Å²) < 4.78 is 21.6. The Balaban J connectivity index is 1.48. The van der Waals surface area contributed by atoms with Gasteiger partial charge in [0.2, 0.25) is 0 Å². The number of halogens is 1. The number of hydrogen-bond acceptors (Lipinski definition) is 6. The third kappa shape index (κ3) is 4.82. The van der Waals surface area contributed by atoms with E-state index in [0.717, 1.165) is 43.7 Å². The van der Waals surface area contributed by atoms with Gasteiger partial charge in [-0.25, -0.2) is 4.79 Å². The minimum absolute atomic E-state index is 0.0235. The van der Waals surface area contributed by atoms with Crippen LogP contribution < -0.4 is 29.6 Å². The van der Waals surface area contributed by atoms with Crippen LogP contribution in [0.1, 0.15) is 31.2 Å². The first kappa shape index (κ1) is 25.3. The summed E-state index contributed by atoms with van der Waals surface area (Å²) in [5, 5.41) is 6.44. The van der Waals surface area contributed by atoms with Gasteiger partial charge in [-0.15, -0.1) is 0 Å². The molecule has 2 N–H and O–H groups in total. The fraction of sp³-hybridized carbons (Fsp3) is 0.500. The molecule has 0 bridgehead atoms. The van der Waals surface area contributed by atoms with E-state index < -0.39 is 0 Å². The largest absolute Gasteiger partial charge is 0.495 e. The van der Waals surface area contributed by atoms with E-state index in [1.54, 1.807) is 26.4 Å². The molecule has 1 aliphatic heterocycles. The Labute approximate surface area is 211 Å². The highest BCUT2D eigenvalue weighted by Crippen LogP contribution is 2.50. The molecule has 2 aromatic carbocycles. The van der Waals surface area contributed by atoms with E-state index in [1.807, 2.05) is 6.07 Å². The second-order valence-corrected chi connectivity index (χ2v) is 9.64. The van der Waals surface area contributed by atoms with Gasteiger partial charge >= 0.3 is 6.03 Å². The van der Waals surface area contributed by atoms with Gasteiger partial charge in [-0.05, 0) is 63.0 Å². The van der Waals surface area contributed by atoms with Crippen molar-refractivity contribution >= 4 is 23.3 Å². The zero-order chi connectivity index (χ0) is 25.2. The summed E-state index contributed by atoms with van der Waals surface area (Å²) in [5.41, 5.74) is 1.78. The van der Waals surface area contributed by atoms with Crippen LogP contribution in [-0.2, 0) is 5.41 Å². The van der Waals surface area contributed by atoms with Gasteiger partial charge in [0.25, 0.3) is 0 Å². The van der Waals surface area contributed by atoms with Crippen LogP contribution in [0, 0.1) is 0 Å². The number of nitrogens with one attached hydrogen (secondary N) is 2. The maximum atomic E-state index is 12.9. The lowest BCUT2D eigenvalue weighted by Gasteiger charge is -2.45. The minimum atomic E-state index is -0.284. The summed E-state index contributed by atoms with van der Waals surface area (Å²) in [6.45, 7) is 1.01. The van der Waals surface area contributed by atoms with Crippen LogP contribution in [0.5, 0.6) is 23.0 Å². The van der Waals surface area contributed by atoms with Gasteiger partial charge < -0.3 is 34.5 Å². The summed E-state index contributed by atoms with van der Waals surface area (Å²) in [6.07, 6.45) is 3.79. The number of nitrogens with zero attached hydrogens (tertiary/aromatic N) is 1. The van der Waals surface area contributed by atoms with Crippen LogP contribution >= 0.6 is 11.6 Å². The van der Waals surface area contributed by atoms with Gasteiger partial charge in [0, 0.05) is 23.6 Å². The summed E-state index contributed by atoms with van der Waals surface area (Å²) in [6, 6.07) is 9.63. The maximum Gasteiger partial charge on any atom is 0.319 e. The van der Waals surface area contributed by atoms with E-state index in [9.17, 15) is 4.79 Å². The van der Waals surface area contributed by atoms with Crippen LogP contribution in [0.25, 0.3) is 0 Å². The van der Waals surface area contributed by atoms with Crippen LogP contribution in [0.3, 0.4) is 0 Å². The number of likely N-dealkylation sites (N-methyl/N-ethyl adjacent to an activating group) is 1. The molecular weight excluding hydrogens is 470 g/mol. The molecule has 3 unspecified atom stereocenters. The average Bonchev–Trinajstić information content (AvgIpc) is 3.20. The van der Waals surface area contributed by atoms with Gasteiger partial charge in [-0.2, -0.15) is 0 Å². The predicted octanol–water partition coefficient (Wildman–Crippen LogP) is 4.69. The number of likely N-dealkylation sites (tertiary alicyclic amines) is 1. The molecule has 4 rings (SSSR count). The molecule has 0 radical (unpaired) electrons. The zero-order valence-electron chi connectivity index (χ0n) is 20.9. The lowest BCUT2D eigenvalue weighted by atomic mass is 9.65. The monoisotopic (exact) mass is 503 g/mol. The zero-order valence-corrected chi connectivity index (χ0v) is 21.7. The number of benzene rings is 2. The molecule has 1 heterocycles. The molecule has 1 saturated heterocycles. The van der Waals surface area contributed by atoms with Crippen molar-refractivity contribution in [2.75, 3.05) is 47.3 Å². The standard InChI is InChI=1S/C26H34ClN3O5/c1-30-11-10-26(16-6-7-20(32-2)23(12-16)35-5)9-8-17(13-24(26)30)28-25(31)29-19-14-18(27)21(33-3)15-22(19)34-4/h6-7,12,14-15,17,24H,8-11,13H2,1-5H3,(H2,28,29,31). The second-order valence-electron chi connectivity index (χ2n) is 9.23. The van der Waals surface area contributed by atoms with E-state index in [1.165, 1.54) is 19.8 Å². The fourth-order valence-corrected chi connectivity index (χ4v) is 5.94. The number of carbonyl (C=O) groups excluding carboxylic acids is 1. The van der Waals surface area contributed by atoms with Crippen molar-refractivity contribution in [1.29, 1.82) is 0 Å². The van der Waals surface area contributed by atoms with Crippen molar-refractivity contribution in [2.24, 2.45) is 0 Å². The maximum absolute atomic E-state index is 12.9. The van der Waals surface area contributed by atoms with E-state index in [4.69, 9.17) is 30.5 Å². The highest BCUT2D eigenvalue weighted by Gasteiger charge is 2.50. The lowest BCUT2D eigenvalue weighted by Crippen LogP contribution is -2.52. The van der Waals surface area contributed by atoms with Crippen molar-refractivity contribution < 1.29 is 23.7 Å². The number of ether oxygens (including phenoxy) is 4. The number of methoxy groups -OCH3 is 4. The third-order valence-corrected chi connectivity index (χ3v) is 7.84. The van der Waals surface area contributed by atoms with Gasteiger partial charge in [0.15, 0.2) is 11.5 Å². The van der Waals surface area contributed by atoms with E-state index in [-0.39, 0.29) is 17.5 Å². The molecule has 0 spiro atoms. The van der Waals surface area contributed by atoms with Crippen molar-refractivity contribution in [2.45, 2.75) is 43.2 Å². The minimum Gasteiger partial charge on any atom is -0.495 e. The molecule has 0 aromatic heterocycles. The topological polar surface area (TPSA) is 81.3 Å². The number of urea groups is 1. The number of hydrogen-bond donors (Lipinski definition) is 2. The van der Waals surface area contributed by atoms with Crippen molar-refractivity contribution in [3.8, 4) is 23.0 Å². The molecule has 2 aliphatic rings. The Hall–Kier alpha value is -2.84. The summed E-state index contributed by atoms with van der Waals surface area (Å²) >= 11 is 6.25. The summed E-state index contributed by atoms with van der Waals surface area (Å²) in [5.74, 6) is 2.45. The Kier molecular flexibility index (Phi) is 7.52. The number of fused-ring (bicyclic) bond motifs is 1. The smallest absolute Gasteiger partial charge is 0.319 e. The first-order chi connectivity index (χ1) is 16.8. The van der Waals surface area contributed by atoms with Gasteiger partial charge in [-0.3, -0.25) is 0 Å². The Morgan fingerprint density at radius 1 is 0.971 bits per heavy atom. The molecule has 2 aromatic rings. The van der Waals surface area contributed by atoms with Crippen LogP contribution in [0.4, 0.5) is 10.5 Å². The molecule has 3 atom stereocenters. The molecule has 190 valence electrons. The number of rotatable bonds is 7. The van der Waals surface area contributed by atoms with E-state index in [2.05, 4.69) is 34.7 Å². The quantitative estimate of drug-likeness (QED) is 0.570. The van der Waals surface area contributed by atoms with E-state index in [0.29, 0.717) is 28.3 Å². The fourth-order valence-electron chi connectivity index (χ4n) is 5.70. The molecule has 2 amide bonds. The first-order valence-electron chi connectivity index (χ1n) is 11.8. The molecule has 9 heteroatoms. The Morgan fingerprint density at radius 3 is 2.37 bits per heavy atom. The first-order valence-corrected chi connectivity index (χ1v) is 12.1. The van der Waals surface area contributed by atoms with E-state index >= 15 is 0 Å². The normalized spacial score (nSPS) is 23.8. The molecule has 1 saturated carbocycles. The molecular formula is C26H34ClN3O5. The SMILES string of the molecule is COc1cc(OC)c(NC(=O)NC2CCC3(c4ccc(OC)c(OC)c4)CCN(C)C3C2)cc1Cl.